The molecule has 0 fully saturated rings. The van der Waals surface area contributed by atoms with E-state index in [1.165, 1.54) is 6.92 Å². The molecular weight excluding hydrogens is 320 g/mol. The Labute approximate surface area is 150 Å². The van der Waals surface area contributed by atoms with Crippen LogP contribution in [0, 0.1) is 0 Å². The van der Waals surface area contributed by atoms with Crippen molar-refractivity contribution < 1.29 is 23.8 Å². The molecule has 0 aliphatic carbocycles. The second kappa shape index (κ2) is 10.5. The number of rotatable bonds is 11. The molecule has 1 aromatic carbocycles. The number of carbonyl (C=O) groups is 2. The molecule has 25 heavy (non-hydrogen) atoms. The van der Waals surface area contributed by atoms with Gasteiger partial charge in [-0.1, -0.05) is 6.92 Å². The lowest BCUT2D eigenvalue weighted by Gasteiger charge is -2.16. The van der Waals surface area contributed by atoms with Crippen LogP contribution >= 0.6 is 0 Å². The first-order valence-electron chi connectivity index (χ1n) is 8.80. The summed E-state index contributed by atoms with van der Waals surface area (Å²) in [4.78, 5) is 24.1. The minimum Gasteiger partial charge on any atom is -0.490 e. The molecule has 138 valence electrons. The lowest BCUT2D eigenvalue weighted by atomic mass is 10.0. The third-order valence-corrected chi connectivity index (χ3v) is 3.40. The van der Waals surface area contributed by atoms with Crippen molar-refractivity contribution in [1.29, 1.82) is 0 Å². The van der Waals surface area contributed by atoms with Gasteiger partial charge < -0.3 is 14.2 Å². The normalized spacial score (nSPS) is 11.2. The van der Waals surface area contributed by atoms with E-state index in [4.69, 9.17) is 14.2 Å². The van der Waals surface area contributed by atoms with Crippen molar-refractivity contribution in [3.05, 3.63) is 23.3 Å². The summed E-state index contributed by atoms with van der Waals surface area (Å²) in [6.45, 7) is 10.4. The molecule has 5 nitrogen and oxygen atoms in total. The lowest BCUT2D eigenvalue weighted by Crippen LogP contribution is -2.09. The molecule has 0 unspecified atom stereocenters. The number of carbonyl (C=O) groups excluding carboxylic acids is 2. The van der Waals surface area contributed by atoms with Crippen molar-refractivity contribution in [2.24, 2.45) is 0 Å². The molecule has 0 atom stereocenters. The SMILES string of the molecule is CCCC(=O)/C(=C/c1cc(OCC)c(OCC)c(OCC)c1)C(C)=O. The Bertz CT molecular complexity index is 604. The molecule has 0 spiro atoms. The third kappa shape index (κ3) is 5.93. The van der Waals surface area contributed by atoms with Crippen molar-refractivity contribution in [3.8, 4) is 17.2 Å². The summed E-state index contributed by atoms with van der Waals surface area (Å²) < 4.78 is 17.0. The minimum absolute atomic E-state index is 0.153. The van der Waals surface area contributed by atoms with Crippen LogP contribution in [0.4, 0.5) is 0 Å². The van der Waals surface area contributed by atoms with Crippen LogP contribution in [0.5, 0.6) is 17.2 Å². The minimum atomic E-state index is -0.247. The van der Waals surface area contributed by atoms with Crippen LogP contribution in [0.25, 0.3) is 6.08 Å². The average molecular weight is 348 g/mol. The fourth-order valence-electron chi connectivity index (χ4n) is 2.40. The molecule has 0 saturated carbocycles. The first kappa shape index (κ1) is 20.7. The molecule has 0 bridgehead atoms. The van der Waals surface area contributed by atoms with E-state index in [0.717, 1.165) is 0 Å². The number of hydrogen-bond donors (Lipinski definition) is 0. The Kier molecular flexibility index (Phi) is 8.75. The fourth-order valence-corrected chi connectivity index (χ4v) is 2.40. The molecule has 0 aromatic heterocycles. The van der Waals surface area contributed by atoms with Crippen molar-refractivity contribution in [2.75, 3.05) is 19.8 Å². The highest BCUT2D eigenvalue weighted by atomic mass is 16.5. The Morgan fingerprint density at radius 2 is 1.44 bits per heavy atom. The lowest BCUT2D eigenvalue weighted by molar-refractivity contribution is -0.120. The quantitative estimate of drug-likeness (QED) is 0.340. The van der Waals surface area contributed by atoms with Crippen LogP contribution < -0.4 is 14.2 Å². The molecular formula is C20H28O5. The van der Waals surface area contributed by atoms with Crippen LogP contribution in [0.15, 0.2) is 17.7 Å². The first-order valence-corrected chi connectivity index (χ1v) is 8.80. The van der Waals surface area contributed by atoms with Gasteiger partial charge in [-0.3, -0.25) is 9.59 Å². The predicted molar refractivity (Wildman–Crippen MR) is 98.5 cm³/mol. The van der Waals surface area contributed by atoms with Gasteiger partial charge in [0.1, 0.15) is 0 Å². The van der Waals surface area contributed by atoms with Gasteiger partial charge in [-0.2, -0.15) is 0 Å². The summed E-state index contributed by atoms with van der Waals surface area (Å²) in [5.74, 6) is 1.20. The monoisotopic (exact) mass is 348 g/mol. The summed E-state index contributed by atoms with van der Waals surface area (Å²) in [6.07, 6.45) is 2.64. The van der Waals surface area contributed by atoms with E-state index in [0.29, 0.717) is 55.5 Å². The van der Waals surface area contributed by atoms with Gasteiger partial charge in [0, 0.05) is 6.42 Å². The smallest absolute Gasteiger partial charge is 0.203 e. The third-order valence-electron chi connectivity index (χ3n) is 3.40. The van der Waals surface area contributed by atoms with Crippen molar-refractivity contribution in [1.82, 2.24) is 0 Å². The van der Waals surface area contributed by atoms with Gasteiger partial charge in [0.25, 0.3) is 0 Å². The topological polar surface area (TPSA) is 61.8 Å². The van der Waals surface area contributed by atoms with Gasteiger partial charge in [-0.05, 0) is 57.9 Å². The Hall–Kier alpha value is -2.30. The summed E-state index contributed by atoms with van der Waals surface area (Å²) in [6, 6.07) is 3.53. The first-order chi connectivity index (χ1) is 12.0. The van der Waals surface area contributed by atoms with E-state index >= 15 is 0 Å². The molecule has 1 aromatic rings. The number of hydrogen-bond acceptors (Lipinski definition) is 5. The molecule has 5 heteroatoms. The highest BCUT2D eigenvalue weighted by Gasteiger charge is 2.17. The van der Waals surface area contributed by atoms with Crippen molar-refractivity contribution in [2.45, 2.75) is 47.5 Å². The van der Waals surface area contributed by atoms with Gasteiger partial charge >= 0.3 is 0 Å². The van der Waals surface area contributed by atoms with E-state index in [1.807, 2.05) is 27.7 Å². The molecule has 0 N–H and O–H groups in total. The summed E-state index contributed by atoms with van der Waals surface area (Å²) in [7, 11) is 0. The van der Waals surface area contributed by atoms with Crippen LogP contribution in [0.3, 0.4) is 0 Å². The van der Waals surface area contributed by atoms with E-state index in [9.17, 15) is 9.59 Å². The number of allylic oxidation sites excluding steroid dienone is 1. The highest BCUT2D eigenvalue weighted by molar-refractivity contribution is 6.22. The molecule has 0 aliphatic rings. The van der Waals surface area contributed by atoms with Gasteiger partial charge in [0.05, 0.1) is 25.4 Å². The maximum absolute atomic E-state index is 12.2. The van der Waals surface area contributed by atoms with E-state index in [1.54, 1.807) is 18.2 Å². The zero-order valence-corrected chi connectivity index (χ0v) is 15.8. The number of ether oxygens (including phenoxy) is 3. The second-order valence-corrected chi connectivity index (χ2v) is 5.43. The zero-order valence-electron chi connectivity index (χ0n) is 15.8. The summed E-state index contributed by atoms with van der Waals surface area (Å²) in [5.41, 5.74) is 0.862. The molecule has 1 rings (SSSR count). The van der Waals surface area contributed by atoms with Gasteiger partial charge in [-0.25, -0.2) is 0 Å². The van der Waals surface area contributed by atoms with E-state index in [-0.39, 0.29) is 17.1 Å². The maximum atomic E-state index is 12.2. The van der Waals surface area contributed by atoms with E-state index < -0.39 is 0 Å². The maximum Gasteiger partial charge on any atom is 0.203 e. The number of Topliss-reactive ketones (excluding diaryl/α,β-unsaturated/α-hetero) is 2. The number of benzene rings is 1. The number of ketones is 2. The van der Waals surface area contributed by atoms with Crippen molar-refractivity contribution >= 4 is 17.6 Å². The zero-order chi connectivity index (χ0) is 18.8. The largest absolute Gasteiger partial charge is 0.490 e. The molecule has 0 aliphatic heterocycles. The molecule has 0 amide bonds. The van der Waals surface area contributed by atoms with E-state index in [2.05, 4.69) is 0 Å². The van der Waals surface area contributed by atoms with Crippen molar-refractivity contribution in [3.63, 3.8) is 0 Å². The van der Waals surface area contributed by atoms with Crippen LogP contribution in [-0.2, 0) is 9.59 Å². The van der Waals surface area contributed by atoms with Gasteiger partial charge in [0.2, 0.25) is 5.75 Å². The Morgan fingerprint density at radius 1 is 0.920 bits per heavy atom. The standard InChI is InChI=1S/C20H28O5/c1-6-10-17(22)16(14(5)21)11-15-12-18(23-7-2)20(25-9-4)19(13-15)24-8-3/h11-13H,6-10H2,1-5H3/b16-11+. The summed E-state index contributed by atoms with van der Waals surface area (Å²) >= 11 is 0. The Morgan fingerprint density at radius 3 is 1.84 bits per heavy atom. The second-order valence-electron chi connectivity index (χ2n) is 5.43. The van der Waals surface area contributed by atoms with Gasteiger partial charge in [0.15, 0.2) is 23.1 Å². The van der Waals surface area contributed by atoms with Crippen LogP contribution in [-0.4, -0.2) is 31.4 Å². The molecule has 0 heterocycles. The summed E-state index contributed by atoms with van der Waals surface area (Å²) in [5, 5.41) is 0. The predicted octanol–water partition coefficient (Wildman–Crippen LogP) is 4.22. The molecule has 0 saturated heterocycles. The Balaban J connectivity index is 3.44. The van der Waals surface area contributed by atoms with Crippen LogP contribution in [0.1, 0.15) is 53.0 Å². The molecule has 0 radical (unpaired) electrons. The fraction of sp³-hybridized carbons (Fsp3) is 0.500. The van der Waals surface area contributed by atoms with Gasteiger partial charge in [-0.15, -0.1) is 0 Å². The highest BCUT2D eigenvalue weighted by Crippen LogP contribution is 2.39. The van der Waals surface area contributed by atoms with Crippen LogP contribution in [0.2, 0.25) is 0 Å². The average Bonchev–Trinajstić information content (AvgIpc) is 2.56.